The molecule has 3 rings (SSSR count). The van der Waals surface area contributed by atoms with Crippen molar-refractivity contribution in [3.8, 4) is 0 Å². The summed E-state index contributed by atoms with van der Waals surface area (Å²) >= 11 is 0. The third kappa shape index (κ3) is 2.45. The maximum absolute atomic E-state index is 3.59. The summed E-state index contributed by atoms with van der Waals surface area (Å²) in [5, 5.41) is 9.41. The molecule has 0 saturated heterocycles. The Morgan fingerprint density at radius 2 is 1.48 bits per heavy atom. The van der Waals surface area contributed by atoms with Gasteiger partial charge in [-0.1, -0.05) is 36.4 Å². The van der Waals surface area contributed by atoms with Crippen LogP contribution in [-0.4, -0.2) is 7.05 Å². The van der Waals surface area contributed by atoms with Gasteiger partial charge in [0.2, 0.25) is 0 Å². The summed E-state index contributed by atoms with van der Waals surface area (Å²) in [7, 11) is 1.95. The van der Waals surface area contributed by atoms with Crippen molar-refractivity contribution in [2.75, 3.05) is 17.7 Å². The van der Waals surface area contributed by atoms with Crippen LogP contribution in [0.5, 0.6) is 0 Å². The van der Waals surface area contributed by atoms with E-state index in [0.717, 1.165) is 11.4 Å². The fourth-order valence-electron chi connectivity index (χ4n) is 2.84. The van der Waals surface area contributed by atoms with E-state index >= 15 is 0 Å². The van der Waals surface area contributed by atoms with Crippen molar-refractivity contribution in [1.29, 1.82) is 0 Å². The van der Waals surface area contributed by atoms with E-state index < -0.39 is 0 Å². The van der Waals surface area contributed by atoms with E-state index in [1.807, 2.05) is 13.1 Å². The smallest absolute Gasteiger partial charge is 0.0620 e. The second kappa shape index (κ2) is 5.49. The van der Waals surface area contributed by atoms with E-state index in [-0.39, 0.29) is 0 Å². The minimum absolute atomic E-state index is 1.10. The first-order valence-corrected chi connectivity index (χ1v) is 7.23. The van der Waals surface area contributed by atoms with Gasteiger partial charge in [-0.25, -0.2) is 0 Å². The normalized spacial score (nSPS) is 10.6. The monoisotopic (exact) mass is 276 g/mol. The second-order valence-corrected chi connectivity index (χ2v) is 5.34. The van der Waals surface area contributed by atoms with Gasteiger partial charge in [-0.3, -0.25) is 0 Å². The second-order valence-electron chi connectivity index (χ2n) is 5.34. The van der Waals surface area contributed by atoms with Crippen LogP contribution in [0.4, 0.5) is 17.1 Å². The minimum atomic E-state index is 1.10. The molecule has 0 aliphatic carbocycles. The zero-order valence-corrected chi connectivity index (χ0v) is 12.7. The molecule has 0 aromatic heterocycles. The zero-order chi connectivity index (χ0) is 14.8. The Morgan fingerprint density at radius 3 is 2.24 bits per heavy atom. The van der Waals surface area contributed by atoms with Crippen LogP contribution in [0, 0.1) is 13.8 Å². The van der Waals surface area contributed by atoms with Crippen molar-refractivity contribution in [2.24, 2.45) is 0 Å². The first-order chi connectivity index (χ1) is 10.2. The van der Waals surface area contributed by atoms with Gasteiger partial charge in [-0.15, -0.1) is 0 Å². The van der Waals surface area contributed by atoms with Gasteiger partial charge in [0.15, 0.2) is 0 Å². The fourth-order valence-corrected chi connectivity index (χ4v) is 2.84. The topological polar surface area (TPSA) is 24.1 Å². The first-order valence-electron chi connectivity index (χ1n) is 7.23. The highest BCUT2D eigenvalue weighted by Crippen LogP contribution is 2.33. The number of hydrogen-bond acceptors (Lipinski definition) is 2. The Morgan fingerprint density at radius 1 is 0.810 bits per heavy atom. The molecule has 0 heterocycles. The van der Waals surface area contributed by atoms with Gasteiger partial charge in [0, 0.05) is 12.7 Å². The number of para-hydroxylation sites is 2. The third-order valence-electron chi connectivity index (χ3n) is 3.96. The van der Waals surface area contributed by atoms with Gasteiger partial charge in [-0.05, 0) is 53.9 Å². The molecule has 0 atom stereocenters. The minimum Gasteiger partial charge on any atom is -0.386 e. The van der Waals surface area contributed by atoms with Crippen LogP contribution >= 0.6 is 0 Å². The Hall–Kier alpha value is -2.48. The predicted octanol–water partition coefficient (Wildman–Crippen LogP) is 5.24. The Kier molecular flexibility index (Phi) is 3.53. The molecular weight excluding hydrogens is 256 g/mol. The van der Waals surface area contributed by atoms with E-state index in [4.69, 9.17) is 0 Å². The molecule has 0 bridgehead atoms. The summed E-state index contributed by atoms with van der Waals surface area (Å²) in [5.74, 6) is 0. The Labute approximate surface area is 125 Å². The molecule has 0 amide bonds. The number of fused-ring (bicyclic) bond motifs is 1. The summed E-state index contributed by atoms with van der Waals surface area (Å²) < 4.78 is 0. The molecule has 0 unspecified atom stereocenters. The molecule has 0 aliphatic heterocycles. The molecule has 21 heavy (non-hydrogen) atoms. The lowest BCUT2D eigenvalue weighted by atomic mass is 9.99. The van der Waals surface area contributed by atoms with Gasteiger partial charge in [0.05, 0.1) is 11.4 Å². The van der Waals surface area contributed by atoms with Crippen LogP contribution in [0.15, 0.2) is 54.6 Å². The van der Waals surface area contributed by atoms with Crippen LogP contribution in [-0.2, 0) is 0 Å². The van der Waals surface area contributed by atoms with Crippen LogP contribution < -0.4 is 10.6 Å². The number of benzene rings is 3. The first kappa shape index (κ1) is 13.5. The molecular formula is C19H20N2. The predicted molar refractivity (Wildman–Crippen MR) is 92.7 cm³/mol. The van der Waals surface area contributed by atoms with Gasteiger partial charge in [0.25, 0.3) is 0 Å². The van der Waals surface area contributed by atoms with E-state index in [1.165, 1.54) is 27.6 Å². The summed E-state index contributed by atoms with van der Waals surface area (Å²) in [4.78, 5) is 0. The number of aryl methyl sites for hydroxylation is 2. The molecule has 2 N–H and O–H groups in total. The van der Waals surface area contributed by atoms with E-state index in [0.29, 0.717) is 0 Å². The molecule has 3 aromatic carbocycles. The van der Waals surface area contributed by atoms with Gasteiger partial charge >= 0.3 is 0 Å². The van der Waals surface area contributed by atoms with E-state index in [2.05, 4.69) is 73.0 Å². The molecule has 106 valence electrons. The summed E-state index contributed by atoms with van der Waals surface area (Å²) in [6, 6.07) is 19.0. The molecule has 0 fully saturated rings. The average molecular weight is 276 g/mol. The van der Waals surface area contributed by atoms with Gasteiger partial charge < -0.3 is 10.6 Å². The van der Waals surface area contributed by atoms with Crippen LogP contribution in [0.25, 0.3) is 10.8 Å². The van der Waals surface area contributed by atoms with Crippen LogP contribution in [0.2, 0.25) is 0 Å². The van der Waals surface area contributed by atoms with Crippen molar-refractivity contribution in [1.82, 2.24) is 0 Å². The van der Waals surface area contributed by atoms with Crippen LogP contribution in [0.3, 0.4) is 0 Å². The van der Waals surface area contributed by atoms with E-state index in [9.17, 15) is 0 Å². The molecule has 2 nitrogen and oxygen atoms in total. The van der Waals surface area contributed by atoms with Crippen molar-refractivity contribution >= 4 is 27.8 Å². The molecule has 0 aliphatic rings. The number of rotatable bonds is 3. The van der Waals surface area contributed by atoms with Crippen molar-refractivity contribution in [2.45, 2.75) is 13.8 Å². The summed E-state index contributed by atoms with van der Waals surface area (Å²) in [5.41, 5.74) is 5.94. The lowest BCUT2D eigenvalue weighted by Gasteiger charge is -2.17. The fraction of sp³-hybridized carbons (Fsp3) is 0.158. The van der Waals surface area contributed by atoms with Crippen molar-refractivity contribution in [3.05, 3.63) is 65.7 Å². The summed E-state index contributed by atoms with van der Waals surface area (Å²) in [6.07, 6.45) is 0. The molecule has 0 radical (unpaired) electrons. The summed E-state index contributed by atoms with van der Waals surface area (Å²) in [6.45, 7) is 4.34. The lowest BCUT2D eigenvalue weighted by Crippen LogP contribution is -2.00. The quantitative estimate of drug-likeness (QED) is 0.683. The Balaban J connectivity index is 2.12. The standard InChI is InChI=1S/C19H20N2/c1-13-12-15-8-4-5-9-16(15)14(2)19(13)21-18-11-7-6-10-17(18)20-3/h4-12,20-21H,1-3H3. The Bertz CT molecular complexity index is 791. The van der Waals surface area contributed by atoms with Gasteiger partial charge in [0.1, 0.15) is 0 Å². The molecule has 3 aromatic rings. The number of hydrogen-bond donors (Lipinski definition) is 2. The zero-order valence-electron chi connectivity index (χ0n) is 12.7. The maximum Gasteiger partial charge on any atom is 0.0620 e. The maximum atomic E-state index is 3.59. The van der Waals surface area contributed by atoms with E-state index in [1.54, 1.807) is 0 Å². The van der Waals surface area contributed by atoms with Crippen molar-refractivity contribution in [3.63, 3.8) is 0 Å². The third-order valence-corrected chi connectivity index (χ3v) is 3.96. The highest BCUT2D eigenvalue weighted by Gasteiger charge is 2.09. The molecule has 2 heteroatoms. The largest absolute Gasteiger partial charge is 0.386 e. The number of nitrogens with one attached hydrogen (secondary N) is 2. The highest BCUT2D eigenvalue weighted by atomic mass is 14.9. The van der Waals surface area contributed by atoms with Crippen molar-refractivity contribution < 1.29 is 0 Å². The van der Waals surface area contributed by atoms with Gasteiger partial charge in [-0.2, -0.15) is 0 Å². The highest BCUT2D eigenvalue weighted by molar-refractivity contribution is 5.93. The van der Waals surface area contributed by atoms with Crippen LogP contribution in [0.1, 0.15) is 11.1 Å². The molecule has 0 spiro atoms. The SMILES string of the molecule is CNc1ccccc1Nc1c(C)cc2ccccc2c1C. The number of anilines is 3. The lowest BCUT2D eigenvalue weighted by molar-refractivity contribution is 1.38. The molecule has 0 saturated carbocycles. The average Bonchev–Trinajstić information content (AvgIpc) is 2.52.